The molecular weight excluding hydrogens is 282 g/mol. The predicted molar refractivity (Wildman–Crippen MR) is 75.9 cm³/mol. The third-order valence-electron chi connectivity index (χ3n) is 3.18. The van der Waals surface area contributed by atoms with Gasteiger partial charge in [-0.3, -0.25) is 0 Å². The molecule has 1 saturated heterocycles. The van der Waals surface area contributed by atoms with E-state index in [1.54, 1.807) is 6.07 Å². The van der Waals surface area contributed by atoms with Crippen LogP contribution in [0.3, 0.4) is 0 Å². The number of ether oxygens (including phenoxy) is 1. The average molecular weight is 301 g/mol. The topological polar surface area (TPSA) is 87.1 Å². The number of nitrogens with zero attached hydrogens (tertiary/aromatic N) is 1. The van der Waals surface area contributed by atoms with E-state index in [4.69, 9.17) is 9.84 Å². The Hall–Kier alpha value is -1.31. The van der Waals surface area contributed by atoms with Crippen LogP contribution in [0.2, 0.25) is 0 Å². The number of aliphatic hydroxyl groups is 2. The third kappa shape index (κ3) is 4.09. The van der Waals surface area contributed by atoms with E-state index >= 15 is 0 Å². The van der Waals surface area contributed by atoms with Crippen LogP contribution in [0.1, 0.15) is 0 Å². The van der Waals surface area contributed by atoms with E-state index in [0.29, 0.717) is 18.8 Å². The molecule has 20 heavy (non-hydrogen) atoms. The molecule has 1 aliphatic heterocycles. The van der Waals surface area contributed by atoms with Crippen molar-refractivity contribution in [1.82, 2.24) is 0 Å². The smallest absolute Gasteiger partial charge is 0.153 e. The fraction of sp³-hybridized carbons (Fsp3) is 0.538. The summed E-state index contributed by atoms with van der Waals surface area (Å²) < 4.78 is 28.2. The Labute approximate surface area is 118 Å². The molecule has 0 aromatic heterocycles. The molecule has 1 aromatic rings. The minimum atomic E-state index is -2.89. The summed E-state index contributed by atoms with van der Waals surface area (Å²) in [5.41, 5.74) is 0.899. The van der Waals surface area contributed by atoms with Gasteiger partial charge >= 0.3 is 0 Å². The van der Waals surface area contributed by atoms with Gasteiger partial charge < -0.3 is 19.8 Å². The number of anilines is 1. The Morgan fingerprint density at radius 1 is 1.30 bits per heavy atom. The van der Waals surface area contributed by atoms with Crippen molar-refractivity contribution in [2.24, 2.45) is 0 Å². The first-order valence-corrected chi connectivity index (χ1v) is 8.29. The minimum Gasteiger partial charge on any atom is -0.491 e. The van der Waals surface area contributed by atoms with Crippen LogP contribution >= 0.6 is 0 Å². The Balaban J connectivity index is 1.99. The number of hydrogen-bond donors (Lipinski definition) is 2. The van der Waals surface area contributed by atoms with Crippen molar-refractivity contribution in [2.45, 2.75) is 6.10 Å². The predicted octanol–water partition coefficient (Wildman–Crippen LogP) is -0.347. The quantitative estimate of drug-likeness (QED) is 0.773. The van der Waals surface area contributed by atoms with Crippen molar-refractivity contribution in [1.29, 1.82) is 0 Å². The molecule has 0 amide bonds. The van der Waals surface area contributed by atoms with E-state index in [2.05, 4.69) is 0 Å². The Kier molecular flexibility index (Phi) is 4.85. The summed E-state index contributed by atoms with van der Waals surface area (Å²) in [6, 6.07) is 7.28. The molecule has 7 heteroatoms. The van der Waals surface area contributed by atoms with E-state index in [-0.39, 0.29) is 24.7 Å². The summed E-state index contributed by atoms with van der Waals surface area (Å²) in [6.07, 6.45) is -0.904. The van der Waals surface area contributed by atoms with E-state index in [1.807, 2.05) is 23.1 Å². The lowest BCUT2D eigenvalue weighted by atomic mass is 10.2. The fourth-order valence-corrected chi connectivity index (χ4v) is 3.19. The number of aliphatic hydroxyl groups excluding tert-OH is 2. The molecule has 1 unspecified atom stereocenters. The molecule has 0 spiro atoms. The summed E-state index contributed by atoms with van der Waals surface area (Å²) in [4.78, 5) is 2.00. The zero-order valence-electron chi connectivity index (χ0n) is 11.1. The molecular formula is C13H19NO5S. The van der Waals surface area contributed by atoms with Gasteiger partial charge in [-0.25, -0.2) is 8.42 Å². The molecule has 112 valence electrons. The number of rotatable bonds is 5. The number of hydrogen-bond acceptors (Lipinski definition) is 6. The molecule has 2 rings (SSSR count). The maximum Gasteiger partial charge on any atom is 0.153 e. The van der Waals surface area contributed by atoms with Crippen molar-refractivity contribution in [3.63, 3.8) is 0 Å². The Morgan fingerprint density at radius 2 is 2.00 bits per heavy atom. The standard InChI is InChI=1S/C13H19NO5S/c15-9-12(16)10-19-13-3-1-2-11(8-13)14-4-6-20(17,18)7-5-14/h1-3,8,12,15-16H,4-7,9-10H2. The normalized spacial score (nSPS) is 19.6. The van der Waals surface area contributed by atoms with Crippen molar-refractivity contribution in [3.05, 3.63) is 24.3 Å². The van der Waals surface area contributed by atoms with Crippen LogP contribution in [0.5, 0.6) is 5.75 Å². The fourth-order valence-electron chi connectivity index (χ4n) is 1.99. The van der Waals surface area contributed by atoms with Gasteiger partial charge in [-0.15, -0.1) is 0 Å². The van der Waals surface area contributed by atoms with Crippen LogP contribution in [0, 0.1) is 0 Å². The lowest BCUT2D eigenvalue weighted by molar-refractivity contribution is 0.0536. The van der Waals surface area contributed by atoms with E-state index < -0.39 is 15.9 Å². The highest BCUT2D eigenvalue weighted by Gasteiger charge is 2.21. The second-order valence-electron chi connectivity index (χ2n) is 4.78. The van der Waals surface area contributed by atoms with Crippen molar-refractivity contribution >= 4 is 15.5 Å². The molecule has 0 radical (unpaired) electrons. The van der Waals surface area contributed by atoms with Gasteiger partial charge in [0.2, 0.25) is 0 Å². The molecule has 1 fully saturated rings. The summed E-state index contributed by atoms with van der Waals surface area (Å²) in [6.45, 7) is 0.633. The average Bonchev–Trinajstić information content (AvgIpc) is 2.45. The van der Waals surface area contributed by atoms with Gasteiger partial charge in [0.15, 0.2) is 9.84 Å². The van der Waals surface area contributed by atoms with E-state index in [0.717, 1.165) is 5.69 Å². The van der Waals surface area contributed by atoms with Crippen LogP contribution < -0.4 is 9.64 Å². The van der Waals surface area contributed by atoms with Gasteiger partial charge in [0, 0.05) is 24.8 Å². The molecule has 0 aliphatic carbocycles. The largest absolute Gasteiger partial charge is 0.491 e. The zero-order valence-corrected chi connectivity index (χ0v) is 11.9. The molecule has 0 saturated carbocycles. The van der Waals surface area contributed by atoms with Gasteiger partial charge in [0.25, 0.3) is 0 Å². The zero-order chi connectivity index (χ0) is 14.6. The maximum atomic E-state index is 11.4. The lowest BCUT2D eigenvalue weighted by Crippen LogP contribution is -2.40. The molecule has 1 heterocycles. The first-order chi connectivity index (χ1) is 9.50. The van der Waals surface area contributed by atoms with Gasteiger partial charge in [0.1, 0.15) is 18.5 Å². The van der Waals surface area contributed by atoms with Crippen LogP contribution in [-0.2, 0) is 9.84 Å². The number of sulfone groups is 1. The van der Waals surface area contributed by atoms with E-state index in [9.17, 15) is 13.5 Å². The monoisotopic (exact) mass is 301 g/mol. The molecule has 2 N–H and O–H groups in total. The van der Waals surface area contributed by atoms with Crippen LogP contribution in [0.25, 0.3) is 0 Å². The second kappa shape index (κ2) is 6.43. The lowest BCUT2D eigenvalue weighted by Gasteiger charge is -2.29. The van der Waals surface area contributed by atoms with Crippen molar-refractivity contribution in [3.8, 4) is 5.75 Å². The molecule has 0 bridgehead atoms. The molecule has 1 aromatic carbocycles. The van der Waals surface area contributed by atoms with Crippen LogP contribution in [0.4, 0.5) is 5.69 Å². The van der Waals surface area contributed by atoms with Crippen molar-refractivity contribution in [2.75, 3.05) is 42.7 Å². The molecule has 1 aliphatic rings. The van der Waals surface area contributed by atoms with Gasteiger partial charge in [-0.1, -0.05) is 6.07 Å². The first-order valence-electron chi connectivity index (χ1n) is 6.47. The van der Waals surface area contributed by atoms with Gasteiger partial charge in [-0.2, -0.15) is 0 Å². The summed E-state index contributed by atoms with van der Waals surface area (Å²) in [5, 5.41) is 18.0. The first kappa shape index (κ1) is 15.1. The van der Waals surface area contributed by atoms with Crippen molar-refractivity contribution < 1.29 is 23.4 Å². The van der Waals surface area contributed by atoms with Crippen LogP contribution in [0.15, 0.2) is 24.3 Å². The minimum absolute atomic E-state index is 0.0222. The van der Waals surface area contributed by atoms with Gasteiger partial charge in [-0.05, 0) is 12.1 Å². The maximum absolute atomic E-state index is 11.4. The third-order valence-corrected chi connectivity index (χ3v) is 4.79. The van der Waals surface area contributed by atoms with Gasteiger partial charge in [0.05, 0.1) is 18.1 Å². The summed E-state index contributed by atoms with van der Waals surface area (Å²) in [7, 11) is -2.89. The second-order valence-corrected chi connectivity index (χ2v) is 7.09. The summed E-state index contributed by atoms with van der Waals surface area (Å²) >= 11 is 0. The van der Waals surface area contributed by atoms with E-state index in [1.165, 1.54) is 0 Å². The molecule has 6 nitrogen and oxygen atoms in total. The highest BCUT2D eigenvalue weighted by Crippen LogP contribution is 2.22. The number of benzene rings is 1. The SMILES string of the molecule is O=S1(=O)CCN(c2cccc(OCC(O)CO)c2)CC1. The van der Waals surface area contributed by atoms with Crippen LogP contribution in [-0.4, -0.2) is 62.5 Å². The highest BCUT2D eigenvalue weighted by atomic mass is 32.2. The highest BCUT2D eigenvalue weighted by molar-refractivity contribution is 7.91. The molecule has 1 atom stereocenters. The Bertz CT molecular complexity index is 531. The summed E-state index contributed by atoms with van der Waals surface area (Å²) in [5.74, 6) is 0.922. The Morgan fingerprint density at radius 3 is 2.65 bits per heavy atom.